The van der Waals surface area contributed by atoms with Crippen LogP contribution in [0, 0.1) is 0 Å². The molecule has 20 heavy (non-hydrogen) atoms. The number of rotatable bonds is 5. The Bertz CT molecular complexity index is 534. The third-order valence-corrected chi connectivity index (χ3v) is 5.60. The van der Waals surface area contributed by atoms with Crippen LogP contribution in [-0.2, 0) is 22.9 Å². The molecule has 6 heteroatoms. The van der Waals surface area contributed by atoms with Gasteiger partial charge in [-0.3, -0.25) is 4.68 Å². The van der Waals surface area contributed by atoms with E-state index in [0.29, 0.717) is 13.1 Å². The molecule has 0 saturated heterocycles. The Kier molecular flexibility index (Phi) is 5.03. The van der Waals surface area contributed by atoms with E-state index in [2.05, 4.69) is 31.2 Å². The van der Waals surface area contributed by atoms with Crippen molar-refractivity contribution in [2.75, 3.05) is 5.75 Å². The fourth-order valence-electron chi connectivity index (χ4n) is 1.50. The van der Waals surface area contributed by atoms with Crippen molar-refractivity contribution < 1.29 is 8.42 Å². The predicted octanol–water partition coefficient (Wildman–Crippen LogP) is 1.98. The maximum Gasteiger partial charge on any atom is 0.157 e. The summed E-state index contributed by atoms with van der Waals surface area (Å²) < 4.78 is 25.1. The molecule has 116 valence electrons. The van der Waals surface area contributed by atoms with E-state index in [0.717, 1.165) is 5.69 Å². The summed E-state index contributed by atoms with van der Waals surface area (Å²) >= 11 is 0. The van der Waals surface area contributed by atoms with Crippen molar-refractivity contribution >= 4 is 9.84 Å². The van der Waals surface area contributed by atoms with Gasteiger partial charge in [-0.2, -0.15) is 5.10 Å². The topological polar surface area (TPSA) is 64.0 Å². The number of hydrogen-bond acceptors (Lipinski definition) is 4. The molecular weight excluding hydrogens is 274 g/mol. The third kappa shape index (κ3) is 5.25. The summed E-state index contributed by atoms with van der Waals surface area (Å²) in [5.41, 5.74) is 0.965. The summed E-state index contributed by atoms with van der Waals surface area (Å²) in [6.45, 7) is 12.6. The van der Waals surface area contributed by atoms with Crippen LogP contribution in [0.5, 0.6) is 0 Å². The second-order valence-corrected chi connectivity index (χ2v) is 9.97. The number of hydrogen-bond donors (Lipinski definition) is 1. The van der Waals surface area contributed by atoms with Gasteiger partial charge in [0.05, 0.1) is 22.7 Å². The molecule has 0 amide bonds. The van der Waals surface area contributed by atoms with Gasteiger partial charge in [0.15, 0.2) is 9.84 Å². The molecule has 0 aliphatic rings. The van der Waals surface area contributed by atoms with Crippen molar-refractivity contribution in [2.24, 2.45) is 0 Å². The molecule has 1 rings (SSSR count). The smallest absolute Gasteiger partial charge is 0.157 e. The molecule has 0 aliphatic carbocycles. The fraction of sp³-hybridized carbons (Fsp3) is 0.786. The average Bonchev–Trinajstić information content (AvgIpc) is 2.69. The molecule has 5 nitrogen and oxygen atoms in total. The fourth-order valence-corrected chi connectivity index (χ4v) is 2.54. The van der Waals surface area contributed by atoms with Gasteiger partial charge < -0.3 is 5.32 Å². The lowest BCUT2D eigenvalue weighted by atomic mass is 10.1. The van der Waals surface area contributed by atoms with Crippen molar-refractivity contribution in [1.29, 1.82) is 0 Å². The summed E-state index contributed by atoms with van der Waals surface area (Å²) in [5, 5.41) is 7.74. The standard InChI is InChI=1S/C14H27N3O2S/c1-13(2,3)15-11-12-7-8-17(16-12)9-10-20(18,19)14(4,5)6/h7-8,15H,9-11H2,1-6H3. The van der Waals surface area contributed by atoms with E-state index in [9.17, 15) is 8.42 Å². The highest BCUT2D eigenvalue weighted by Crippen LogP contribution is 2.16. The van der Waals surface area contributed by atoms with Crippen molar-refractivity contribution in [1.82, 2.24) is 15.1 Å². The van der Waals surface area contributed by atoms with Gasteiger partial charge in [0.25, 0.3) is 0 Å². The highest BCUT2D eigenvalue weighted by molar-refractivity contribution is 7.92. The zero-order valence-electron chi connectivity index (χ0n) is 13.4. The first-order valence-corrected chi connectivity index (χ1v) is 8.56. The summed E-state index contributed by atoms with van der Waals surface area (Å²) in [5.74, 6) is 0.115. The normalized spacial score (nSPS) is 13.7. The average molecular weight is 301 g/mol. The minimum Gasteiger partial charge on any atom is -0.306 e. The van der Waals surface area contributed by atoms with Gasteiger partial charge >= 0.3 is 0 Å². The highest BCUT2D eigenvalue weighted by atomic mass is 32.2. The van der Waals surface area contributed by atoms with E-state index in [1.54, 1.807) is 25.5 Å². The van der Waals surface area contributed by atoms with Gasteiger partial charge in [0.1, 0.15) is 0 Å². The monoisotopic (exact) mass is 301 g/mol. The molecule has 0 aromatic carbocycles. The molecule has 1 heterocycles. The first kappa shape index (κ1) is 17.2. The van der Waals surface area contributed by atoms with E-state index in [1.807, 2.05) is 12.3 Å². The van der Waals surface area contributed by atoms with Crippen molar-refractivity contribution in [3.63, 3.8) is 0 Å². The minimum atomic E-state index is -3.10. The zero-order valence-corrected chi connectivity index (χ0v) is 14.2. The molecule has 0 saturated carbocycles. The zero-order chi connectivity index (χ0) is 15.6. The number of aromatic nitrogens is 2. The van der Waals surface area contributed by atoms with Crippen molar-refractivity contribution in [3.05, 3.63) is 18.0 Å². The van der Waals surface area contributed by atoms with Crippen LogP contribution in [0.25, 0.3) is 0 Å². The Morgan fingerprint density at radius 3 is 2.30 bits per heavy atom. The van der Waals surface area contributed by atoms with Crippen LogP contribution < -0.4 is 5.32 Å². The van der Waals surface area contributed by atoms with Crippen LogP contribution in [-0.4, -0.2) is 34.2 Å². The highest BCUT2D eigenvalue weighted by Gasteiger charge is 2.28. The predicted molar refractivity (Wildman–Crippen MR) is 82.4 cm³/mol. The maximum absolute atomic E-state index is 12.0. The number of sulfone groups is 1. The van der Waals surface area contributed by atoms with Gasteiger partial charge in [-0.05, 0) is 47.6 Å². The van der Waals surface area contributed by atoms with E-state index in [1.165, 1.54) is 0 Å². The van der Waals surface area contributed by atoms with Gasteiger partial charge in [-0.15, -0.1) is 0 Å². The molecule has 0 bridgehead atoms. The molecule has 0 atom stereocenters. The second-order valence-electron chi connectivity index (χ2n) is 7.10. The van der Waals surface area contributed by atoms with Gasteiger partial charge in [-0.1, -0.05) is 0 Å². The Morgan fingerprint density at radius 2 is 1.80 bits per heavy atom. The van der Waals surface area contributed by atoms with Crippen LogP contribution >= 0.6 is 0 Å². The number of nitrogens with one attached hydrogen (secondary N) is 1. The van der Waals surface area contributed by atoms with E-state index < -0.39 is 14.6 Å². The molecule has 1 aromatic rings. The third-order valence-electron chi connectivity index (χ3n) is 3.02. The largest absolute Gasteiger partial charge is 0.306 e. The van der Waals surface area contributed by atoms with Crippen molar-refractivity contribution in [3.8, 4) is 0 Å². The second kappa shape index (κ2) is 5.85. The summed E-state index contributed by atoms with van der Waals surface area (Å²) in [6, 6.07) is 1.92. The molecule has 0 unspecified atom stereocenters. The quantitative estimate of drug-likeness (QED) is 0.903. The van der Waals surface area contributed by atoms with Crippen LogP contribution in [0.1, 0.15) is 47.2 Å². The molecule has 1 aromatic heterocycles. The van der Waals surface area contributed by atoms with Gasteiger partial charge in [-0.25, -0.2) is 8.42 Å². The van der Waals surface area contributed by atoms with E-state index >= 15 is 0 Å². The van der Waals surface area contributed by atoms with E-state index in [-0.39, 0.29) is 11.3 Å². The molecule has 0 aliphatic heterocycles. The molecule has 1 N–H and O–H groups in total. The first-order valence-electron chi connectivity index (χ1n) is 6.90. The Morgan fingerprint density at radius 1 is 1.20 bits per heavy atom. The molecule has 0 fully saturated rings. The van der Waals surface area contributed by atoms with Gasteiger partial charge in [0.2, 0.25) is 0 Å². The summed E-state index contributed by atoms with van der Waals surface area (Å²) in [6.07, 6.45) is 1.83. The van der Waals surface area contributed by atoms with Crippen LogP contribution in [0.4, 0.5) is 0 Å². The number of aryl methyl sites for hydroxylation is 1. The van der Waals surface area contributed by atoms with Gasteiger partial charge in [0, 0.05) is 18.3 Å². The van der Waals surface area contributed by atoms with Crippen LogP contribution in [0.3, 0.4) is 0 Å². The lowest BCUT2D eigenvalue weighted by Crippen LogP contribution is -2.35. The minimum absolute atomic E-state index is 0.0410. The first-order chi connectivity index (χ1) is 8.91. The maximum atomic E-state index is 12.0. The van der Waals surface area contributed by atoms with Crippen LogP contribution in [0.2, 0.25) is 0 Å². The van der Waals surface area contributed by atoms with Crippen molar-refractivity contribution in [2.45, 2.75) is 64.9 Å². The lowest BCUT2D eigenvalue weighted by molar-refractivity contribution is 0.419. The van der Waals surface area contributed by atoms with Crippen LogP contribution in [0.15, 0.2) is 12.3 Å². The number of nitrogens with zero attached hydrogens (tertiary/aromatic N) is 2. The molecular formula is C14H27N3O2S. The Labute approximate surface area is 122 Å². The van der Waals surface area contributed by atoms with E-state index in [4.69, 9.17) is 0 Å². The summed E-state index contributed by atoms with van der Waals surface area (Å²) in [7, 11) is -3.10. The molecule has 0 spiro atoms. The SMILES string of the molecule is CC(C)(C)NCc1ccn(CCS(=O)(=O)C(C)(C)C)n1. The summed E-state index contributed by atoms with van der Waals surface area (Å²) in [4.78, 5) is 0. The Balaban J connectivity index is 2.58. The Hall–Kier alpha value is -0.880. The molecule has 0 radical (unpaired) electrons. The lowest BCUT2D eigenvalue weighted by Gasteiger charge is -2.19.